The van der Waals surface area contributed by atoms with Gasteiger partial charge in [0.1, 0.15) is 23.3 Å². The molecule has 0 unspecified atom stereocenters. The Morgan fingerprint density at radius 3 is 2.53 bits per heavy atom. The van der Waals surface area contributed by atoms with E-state index in [1.165, 1.54) is 12.1 Å². The molecular formula is C25H27FN4O2. The Hall–Kier alpha value is -3.40. The van der Waals surface area contributed by atoms with E-state index in [0.717, 1.165) is 28.0 Å². The van der Waals surface area contributed by atoms with Gasteiger partial charge in [-0.25, -0.2) is 14.2 Å². The van der Waals surface area contributed by atoms with Crippen molar-refractivity contribution in [1.29, 1.82) is 5.26 Å². The second-order valence-electron chi connectivity index (χ2n) is 9.96. The fourth-order valence-corrected chi connectivity index (χ4v) is 4.44. The summed E-state index contributed by atoms with van der Waals surface area (Å²) in [6.45, 7) is 12.0. The van der Waals surface area contributed by atoms with E-state index in [1.54, 1.807) is 17.0 Å². The van der Waals surface area contributed by atoms with Gasteiger partial charge in [0.25, 0.3) is 0 Å². The van der Waals surface area contributed by atoms with E-state index < -0.39 is 11.7 Å². The van der Waals surface area contributed by atoms with Gasteiger partial charge < -0.3 is 4.74 Å². The second kappa shape index (κ2) is 7.33. The maximum absolute atomic E-state index is 13.4. The minimum atomic E-state index is -0.621. The molecule has 6 nitrogen and oxygen atoms in total. The number of aromatic nitrogens is 2. The predicted octanol–water partition coefficient (Wildman–Crippen LogP) is 5.28. The van der Waals surface area contributed by atoms with E-state index in [4.69, 9.17) is 4.74 Å². The van der Waals surface area contributed by atoms with Crippen molar-refractivity contribution in [3.8, 4) is 6.07 Å². The third kappa shape index (κ3) is 3.70. The number of hydrogen-bond acceptors (Lipinski definition) is 4. The zero-order valence-corrected chi connectivity index (χ0v) is 19.3. The molecule has 0 bridgehead atoms. The van der Waals surface area contributed by atoms with Gasteiger partial charge >= 0.3 is 6.09 Å². The van der Waals surface area contributed by atoms with Crippen LogP contribution < -0.4 is 4.90 Å². The largest absolute Gasteiger partial charge is 0.443 e. The first kappa shape index (κ1) is 21.8. The van der Waals surface area contributed by atoms with E-state index in [1.807, 2.05) is 38.2 Å². The fourth-order valence-electron chi connectivity index (χ4n) is 4.44. The summed E-state index contributed by atoms with van der Waals surface area (Å²) in [6.07, 6.45) is 0.0640. The van der Waals surface area contributed by atoms with Gasteiger partial charge in [-0.1, -0.05) is 26.0 Å². The van der Waals surface area contributed by atoms with Gasteiger partial charge in [-0.3, -0.25) is 9.30 Å². The lowest BCUT2D eigenvalue weighted by Crippen LogP contribution is -2.38. The van der Waals surface area contributed by atoms with Crippen molar-refractivity contribution in [2.45, 2.75) is 59.0 Å². The zero-order valence-electron chi connectivity index (χ0n) is 19.3. The molecule has 0 radical (unpaired) electrons. The summed E-state index contributed by atoms with van der Waals surface area (Å²) in [4.78, 5) is 19.3. The molecule has 166 valence electrons. The molecule has 0 spiro atoms. The molecule has 0 aliphatic carbocycles. The predicted molar refractivity (Wildman–Crippen MR) is 120 cm³/mol. The number of pyridine rings is 1. The third-order valence-corrected chi connectivity index (χ3v) is 5.64. The summed E-state index contributed by atoms with van der Waals surface area (Å²) in [5.74, 6) is 0.386. The highest BCUT2D eigenvalue weighted by Gasteiger charge is 2.43. The summed E-state index contributed by atoms with van der Waals surface area (Å²) >= 11 is 0. The number of amides is 1. The highest BCUT2D eigenvalue weighted by Crippen LogP contribution is 2.44. The van der Waals surface area contributed by atoms with E-state index >= 15 is 0 Å². The lowest BCUT2D eigenvalue weighted by Gasteiger charge is -2.25. The van der Waals surface area contributed by atoms with Crippen molar-refractivity contribution in [2.24, 2.45) is 0 Å². The first-order valence-electron chi connectivity index (χ1n) is 10.6. The Morgan fingerprint density at radius 2 is 1.94 bits per heavy atom. The number of imidazole rings is 1. The van der Waals surface area contributed by atoms with Gasteiger partial charge in [-0.15, -0.1) is 0 Å². The second-order valence-corrected chi connectivity index (χ2v) is 9.96. The average Bonchev–Trinajstić information content (AvgIpc) is 3.16. The number of nitriles is 1. The molecule has 0 saturated heterocycles. The van der Waals surface area contributed by atoms with Gasteiger partial charge in [0.05, 0.1) is 16.9 Å². The smallest absolute Gasteiger partial charge is 0.414 e. The first-order valence-corrected chi connectivity index (χ1v) is 10.6. The molecule has 32 heavy (non-hydrogen) atoms. The Balaban J connectivity index is 1.95. The molecule has 0 N–H and O–H groups in total. The summed E-state index contributed by atoms with van der Waals surface area (Å²) < 4.78 is 21.1. The van der Waals surface area contributed by atoms with Crippen LogP contribution in [0.2, 0.25) is 0 Å². The Bertz CT molecular complexity index is 1260. The highest BCUT2D eigenvalue weighted by molar-refractivity contribution is 5.92. The fraction of sp³-hybridized carbons (Fsp3) is 0.400. The number of halogens is 1. The maximum atomic E-state index is 13.4. The Morgan fingerprint density at radius 1 is 1.28 bits per heavy atom. The van der Waals surface area contributed by atoms with E-state index in [0.29, 0.717) is 24.5 Å². The molecular weight excluding hydrogens is 407 g/mol. The van der Waals surface area contributed by atoms with Gasteiger partial charge in [0.15, 0.2) is 5.69 Å². The van der Waals surface area contributed by atoms with Gasteiger partial charge in [0, 0.05) is 12.0 Å². The molecule has 0 fully saturated rings. The quantitative estimate of drug-likeness (QED) is 0.550. The summed E-state index contributed by atoms with van der Waals surface area (Å²) in [7, 11) is 0. The minimum absolute atomic E-state index is 0.302. The van der Waals surface area contributed by atoms with Crippen LogP contribution in [0.4, 0.5) is 14.9 Å². The van der Waals surface area contributed by atoms with Crippen LogP contribution in [0.1, 0.15) is 63.0 Å². The first-order chi connectivity index (χ1) is 14.9. The molecule has 7 heteroatoms. The molecule has 0 atom stereocenters. The van der Waals surface area contributed by atoms with Gasteiger partial charge in [-0.05, 0) is 63.4 Å². The lowest BCUT2D eigenvalue weighted by molar-refractivity contribution is 0.0579. The van der Waals surface area contributed by atoms with Crippen molar-refractivity contribution in [2.75, 3.05) is 11.4 Å². The molecule has 3 aromatic rings. The number of carbonyl (C=O) groups is 1. The number of rotatable bonds is 2. The molecule has 4 rings (SSSR count). The van der Waals surface area contributed by atoms with Crippen LogP contribution in [0.3, 0.4) is 0 Å². The Labute approximate surface area is 187 Å². The number of anilines is 1. The van der Waals surface area contributed by atoms with Gasteiger partial charge in [-0.2, -0.15) is 5.26 Å². The molecule has 1 amide bonds. The van der Waals surface area contributed by atoms with E-state index in [2.05, 4.69) is 24.9 Å². The molecule has 0 saturated carbocycles. The van der Waals surface area contributed by atoms with Crippen LogP contribution in [0.5, 0.6) is 0 Å². The number of fused-ring (bicyclic) bond motifs is 3. The van der Waals surface area contributed by atoms with Crippen LogP contribution in [-0.2, 0) is 16.6 Å². The van der Waals surface area contributed by atoms with Crippen LogP contribution in [0, 0.1) is 24.1 Å². The molecule has 1 aliphatic heterocycles. The summed E-state index contributed by atoms with van der Waals surface area (Å²) in [6, 6.07) is 10.5. The molecule has 1 aliphatic rings. The molecule has 1 aromatic carbocycles. The third-order valence-electron chi connectivity index (χ3n) is 5.64. The average molecular weight is 435 g/mol. The van der Waals surface area contributed by atoms with Crippen LogP contribution in [0.25, 0.3) is 5.52 Å². The number of nitrogens with zero attached hydrogens (tertiary/aromatic N) is 4. The zero-order chi connectivity index (χ0) is 23.4. The standard InChI is InChI=1S/C25H27FN4O2/c1-15-28-19(13-27)21-17(11-16-7-9-18(26)10-8-16)12-20-22(30(15)21)25(5,6)14-29(20)23(31)32-24(2,3)4/h7-10,12H,11,14H2,1-6H3. The van der Waals surface area contributed by atoms with Crippen LogP contribution >= 0.6 is 0 Å². The van der Waals surface area contributed by atoms with Crippen molar-refractivity contribution >= 4 is 17.3 Å². The number of ether oxygens (including phenoxy) is 1. The summed E-state index contributed by atoms with van der Waals surface area (Å²) in [5, 5.41) is 9.76. The summed E-state index contributed by atoms with van der Waals surface area (Å²) in [5.41, 5.74) is 3.49. The van der Waals surface area contributed by atoms with Crippen LogP contribution in [0.15, 0.2) is 30.3 Å². The number of carbonyl (C=O) groups excluding carboxylic acids is 1. The van der Waals surface area contributed by atoms with E-state index in [-0.39, 0.29) is 11.2 Å². The molecule has 2 aromatic heterocycles. The molecule has 3 heterocycles. The van der Waals surface area contributed by atoms with Crippen molar-refractivity contribution in [3.63, 3.8) is 0 Å². The normalized spacial score (nSPS) is 15.0. The highest BCUT2D eigenvalue weighted by atomic mass is 19.1. The van der Waals surface area contributed by atoms with Crippen LogP contribution in [-0.4, -0.2) is 27.6 Å². The minimum Gasteiger partial charge on any atom is -0.443 e. The maximum Gasteiger partial charge on any atom is 0.414 e. The van der Waals surface area contributed by atoms with Crippen molar-refractivity contribution in [1.82, 2.24) is 9.38 Å². The number of hydrogen-bond donors (Lipinski definition) is 0. The van der Waals surface area contributed by atoms with Crippen molar-refractivity contribution < 1.29 is 13.9 Å². The monoisotopic (exact) mass is 434 g/mol. The number of aryl methyl sites for hydroxylation is 1. The topological polar surface area (TPSA) is 70.6 Å². The number of benzene rings is 1. The SMILES string of the molecule is Cc1nc(C#N)c2c(Cc3ccc(F)cc3)cc3c(n12)C(C)(C)CN3C(=O)OC(C)(C)C. The lowest BCUT2D eigenvalue weighted by atomic mass is 9.90. The van der Waals surface area contributed by atoms with Gasteiger partial charge in [0.2, 0.25) is 0 Å². The van der Waals surface area contributed by atoms with Crippen molar-refractivity contribution in [3.05, 3.63) is 64.5 Å². The Kier molecular flexibility index (Phi) is 5.00. The van der Waals surface area contributed by atoms with E-state index in [9.17, 15) is 14.4 Å².